The first-order valence-corrected chi connectivity index (χ1v) is 5.94. The maximum absolute atomic E-state index is 10.3. The molecule has 16 heavy (non-hydrogen) atoms. The molecule has 3 heteroatoms. The van der Waals surface area contributed by atoms with Gasteiger partial charge in [0, 0.05) is 19.1 Å². The average molecular weight is 219 g/mol. The number of hydrogen-bond donors (Lipinski definition) is 1. The quantitative estimate of drug-likeness (QED) is 0.764. The van der Waals surface area contributed by atoms with E-state index in [1.54, 1.807) is 0 Å². The van der Waals surface area contributed by atoms with Gasteiger partial charge in [0.1, 0.15) is 0 Å². The van der Waals surface area contributed by atoms with Crippen LogP contribution in [0.1, 0.15) is 17.2 Å². The van der Waals surface area contributed by atoms with Gasteiger partial charge >= 0.3 is 0 Å². The molecular weight excluding hydrogens is 202 g/mol. The molecule has 0 aromatic heterocycles. The van der Waals surface area contributed by atoms with Gasteiger partial charge in [0.25, 0.3) is 0 Å². The molecule has 1 aliphatic carbocycles. The Morgan fingerprint density at radius 1 is 1.19 bits per heavy atom. The number of morpholine rings is 1. The molecule has 1 heterocycles. The third kappa shape index (κ3) is 1.65. The molecule has 3 nitrogen and oxygen atoms in total. The van der Waals surface area contributed by atoms with Crippen LogP contribution in [0.3, 0.4) is 0 Å². The van der Waals surface area contributed by atoms with E-state index in [1.807, 2.05) is 18.2 Å². The van der Waals surface area contributed by atoms with Crippen LogP contribution in [-0.4, -0.2) is 42.4 Å². The van der Waals surface area contributed by atoms with Gasteiger partial charge in [0.2, 0.25) is 0 Å². The van der Waals surface area contributed by atoms with Crippen LogP contribution in [0.5, 0.6) is 0 Å². The van der Waals surface area contributed by atoms with Gasteiger partial charge in [-0.1, -0.05) is 24.3 Å². The smallest absolute Gasteiger partial charge is 0.0951 e. The maximum atomic E-state index is 10.3. The maximum Gasteiger partial charge on any atom is 0.0951 e. The van der Waals surface area contributed by atoms with Crippen molar-refractivity contribution >= 4 is 0 Å². The molecule has 1 saturated heterocycles. The zero-order chi connectivity index (χ0) is 11.0. The predicted molar refractivity (Wildman–Crippen MR) is 61.3 cm³/mol. The number of ether oxygens (including phenoxy) is 1. The Kier molecular flexibility index (Phi) is 2.67. The Hall–Kier alpha value is -0.900. The second kappa shape index (κ2) is 4.17. The van der Waals surface area contributed by atoms with Gasteiger partial charge in [0.05, 0.1) is 19.3 Å². The van der Waals surface area contributed by atoms with Gasteiger partial charge < -0.3 is 9.84 Å². The fraction of sp³-hybridized carbons (Fsp3) is 0.538. The molecule has 0 spiro atoms. The van der Waals surface area contributed by atoms with Crippen molar-refractivity contribution in [2.75, 3.05) is 26.3 Å². The molecule has 1 aromatic rings. The van der Waals surface area contributed by atoms with Crippen LogP contribution in [0.25, 0.3) is 0 Å². The van der Waals surface area contributed by atoms with Gasteiger partial charge in [-0.05, 0) is 17.5 Å². The number of hydrogen-bond acceptors (Lipinski definition) is 3. The van der Waals surface area contributed by atoms with E-state index in [0.29, 0.717) is 0 Å². The van der Waals surface area contributed by atoms with Crippen LogP contribution < -0.4 is 0 Å². The Morgan fingerprint density at radius 2 is 1.94 bits per heavy atom. The lowest BCUT2D eigenvalue weighted by Crippen LogP contribution is -2.45. The summed E-state index contributed by atoms with van der Waals surface area (Å²) in [5, 5.41) is 10.3. The molecule has 1 aliphatic heterocycles. The number of aliphatic hydroxyl groups excluding tert-OH is 1. The number of benzene rings is 1. The molecular formula is C13H17NO2. The van der Waals surface area contributed by atoms with Crippen molar-refractivity contribution in [1.29, 1.82) is 0 Å². The molecule has 0 bridgehead atoms. The van der Waals surface area contributed by atoms with E-state index >= 15 is 0 Å². The molecule has 0 radical (unpaired) electrons. The molecule has 0 amide bonds. The van der Waals surface area contributed by atoms with Gasteiger partial charge in [0.15, 0.2) is 0 Å². The fourth-order valence-corrected chi connectivity index (χ4v) is 2.79. The normalized spacial score (nSPS) is 30.3. The zero-order valence-electron chi connectivity index (χ0n) is 9.30. The van der Waals surface area contributed by atoms with Crippen molar-refractivity contribution < 1.29 is 9.84 Å². The van der Waals surface area contributed by atoms with Gasteiger partial charge in [-0.15, -0.1) is 0 Å². The summed E-state index contributed by atoms with van der Waals surface area (Å²) in [5.41, 5.74) is 2.41. The number of aliphatic hydroxyl groups is 1. The molecule has 2 aliphatic rings. The standard InChI is InChI=1S/C13H17NO2/c15-13-11-4-2-1-3-10(11)9-12(13)14-5-7-16-8-6-14/h1-4,12-13,15H,5-9H2/t12-,13+/m0/s1. The highest BCUT2D eigenvalue weighted by atomic mass is 16.5. The first kappa shape index (κ1) is 10.3. The fourth-order valence-electron chi connectivity index (χ4n) is 2.79. The molecule has 1 fully saturated rings. The third-order valence-corrected chi connectivity index (χ3v) is 3.68. The predicted octanol–water partition coefficient (Wildman–Crippen LogP) is 0.977. The molecule has 86 valence electrons. The van der Waals surface area contributed by atoms with E-state index in [4.69, 9.17) is 4.74 Å². The number of rotatable bonds is 1. The first-order valence-electron chi connectivity index (χ1n) is 5.94. The first-order chi connectivity index (χ1) is 7.86. The van der Waals surface area contributed by atoms with E-state index in [2.05, 4.69) is 11.0 Å². The summed E-state index contributed by atoms with van der Waals surface area (Å²) in [4.78, 5) is 2.36. The molecule has 0 saturated carbocycles. The average Bonchev–Trinajstić information content (AvgIpc) is 2.69. The minimum atomic E-state index is -0.325. The van der Waals surface area contributed by atoms with E-state index in [-0.39, 0.29) is 12.1 Å². The summed E-state index contributed by atoms with van der Waals surface area (Å²) in [6.07, 6.45) is 0.645. The van der Waals surface area contributed by atoms with Crippen LogP contribution >= 0.6 is 0 Å². The van der Waals surface area contributed by atoms with Gasteiger partial charge in [-0.3, -0.25) is 4.90 Å². The minimum absolute atomic E-state index is 0.251. The Balaban J connectivity index is 1.80. The van der Waals surface area contributed by atoms with Crippen molar-refractivity contribution in [3.63, 3.8) is 0 Å². The van der Waals surface area contributed by atoms with E-state index < -0.39 is 0 Å². The van der Waals surface area contributed by atoms with Gasteiger partial charge in [-0.25, -0.2) is 0 Å². The lowest BCUT2D eigenvalue weighted by Gasteiger charge is -2.33. The summed E-state index contributed by atoms with van der Waals surface area (Å²) in [5.74, 6) is 0. The SMILES string of the molecule is O[C@@H]1c2ccccc2C[C@@H]1N1CCOCC1. The summed E-state index contributed by atoms with van der Waals surface area (Å²) >= 11 is 0. The third-order valence-electron chi connectivity index (χ3n) is 3.68. The molecule has 2 atom stereocenters. The summed E-state index contributed by atoms with van der Waals surface area (Å²) in [6.45, 7) is 3.46. The highest BCUT2D eigenvalue weighted by molar-refractivity contribution is 5.35. The summed E-state index contributed by atoms with van der Waals surface area (Å²) in [6, 6.07) is 8.47. The Bertz CT molecular complexity index is 374. The second-order valence-corrected chi connectivity index (χ2v) is 4.56. The van der Waals surface area contributed by atoms with Crippen LogP contribution in [0, 0.1) is 0 Å². The van der Waals surface area contributed by atoms with E-state index in [1.165, 1.54) is 5.56 Å². The van der Waals surface area contributed by atoms with Crippen molar-refractivity contribution in [3.05, 3.63) is 35.4 Å². The Labute approximate surface area is 95.6 Å². The van der Waals surface area contributed by atoms with Crippen molar-refractivity contribution in [2.45, 2.75) is 18.6 Å². The molecule has 1 aromatic carbocycles. The monoisotopic (exact) mass is 219 g/mol. The molecule has 0 unspecified atom stereocenters. The van der Waals surface area contributed by atoms with Crippen molar-refractivity contribution in [3.8, 4) is 0 Å². The van der Waals surface area contributed by atoms with Crippen LogP contribution in [0.15, 0.2) is 24.3 Å². The zero-order valence-corrected chi connectivity index (χ0v) is 9.30. The summed E-state index contributed by atoms with van der Waals surface area (Å²) < 4.78 is 5.35. The van der Waals surface area contributed by atoms with Crippen LogP contribution in [0.4, 0.5) is 0 Å². The molecule has 3 rings (SSSR count). The van der Waals surface area contributed by atoms with Crippen molar-refractivity contribution in [2.24, 2.45) is 0 Å². The number of fused-ring (bicyclic) bond motifs is 1. The van der Waals surface area contributed by atoms with Crippen LogP contribution in [0.2, 0.25) is 0 Å². The van der Waals surface area contributed by atoms with E-state index in [9.17, 15) is 5.11 Å². The number of nitrogens with zero attached hydrogens (tertiary/aromatic N) is 1. The highest BCUT2D eigenvalue weighted by Crippen LogP contribution is 2.34. The van der Waals surface area contributed by atoms with Crippen LogP contribution in [-0.2, 0) is 11.2 Å². The highest BCUT2D eigenvalue weighted by Gasteiger charge is 2.35. The van der Waals surface area contributed by atoms with E-state index in [0.717, 1.165) is 38.3 Å². The summed E-state index contributed by atoms with van der Waals surface area (Å²) in [7, 11) is 0. The van der Waals surface area contributed by atoms with Gasteiger partial charge in [-0.2, -0.15) is 0 Å². The minimum Gasteiger partial charge on any atom is -0.387 e. The topological polar surface area (TPSA) is 32.7 Å². The molecule has 1 N–H and O–H groups in total. The Morgan fingerprint density at radius 3 is 2.69 bits per heavy atom. The second-order valence-electron chi connectivity index (χ2n) is 4.56. The lowest BCUT2D eigenvalue weighted by atomic mass is 10.1. The van der Waals surface area contributed by atoms with Crippen molar-refractivity contribution in [1.82, 2.24) is 4.90 Å². The largest absolute Gasteiger partial charge is 0.387 e. The lowest BCUT2D eigenvalue weighted by molar-refractivity contribution is -0.0163.